The van der Waals surface area contributed by atoms with Gasteiger partial charge in [0, 0.05) is 18.2 Å². The van der Waals surface area contributed by atoms with Crippen LogP contribution in [0.2, 0.25) is 0 Å². The van der Waals surface area contributed by atoms with Gasteiger partial charge in [0.2, 0.25) is 0 Å². The fourth-order valence-electron chi connectivity index (χ4n) is 2.19. The Hall–Kier alpha value is -2.22. The molecule has 0 aliphatic heterocycles. The number of aryl methyl sites for hydroxylation is 1. The summed E-state index contributed by atoms with van der Waals surface area (Å²) in [5.41, 5.74) is 2.95. The van der Waals surface area contributed by atoms with Gasteiger partial charge in [-0.1, -0.05) is 35.9 Å². The number of hydrogen-bond donors (Lipinski definition) is 0. The first kappa shape index (κ1) is 15.2. The van der Waals surface area contributed by atoms with E-state index in [1.807, 2.05) is 55.5 Å². The first-order valence-electron chi connectivity index (χ1n) is 7.43. The smallest absolute Gasteiger partial charge is 0.162 e. The second-order valence-corrected chi connectivity index (χ2v) is 5.20. The van der Waals surface area contributed by atoms with Crippen LogP contribution >= 0.6 is 0 Å². The highest BCUT2D eigenvalue weighted by Gasteiger charge is 2.04. The lowest BCUT2D eigenvalue weighted by Crippen LogP contribution is -1.98. The quantitative estimate of drug-likeness (QED) is 0.536. The third-order valence-corrected chi connectivity index (χ3v) is 3.34. The van der Waals surface area contributed by atoms with E-state index in [1.54, 1.807) is 6.20 Å². The van der Waals surface area contributed by atoms with E-state index in [9.17, 15) is 4.79 Å². The molecule has 0 atom stereocenters. The number of unbranched alkanes of at least 4 members (excludes halogenated alkanes) is 2. The third kappa shape index (κ3) is 5.35. The standard InChI is InChI=1S/C19H21NO/c1-16-9-8-10-17(15-16)19(21)13-5-3-2-4-11-18-12-6-7-14-20-18/h4,6-12,14-15H,2-3,5,13H2,1H3/b11-4-. The number of nitrogens with zero attached hydrogens (tertiary/aromatic N) is 1. The first-order chi connectivity index (χ1) is 10.3. The summed E-state index contributed by atoms with van der Waals surface area (Å²) in [5, 5.41) is 0. The van der Waals surface area contributed by atoms with E-state index in [-0.39, 0.29) is 5.78 Å². The Balaban J connectivity index is 1.68. The molecule has 0 N–H and O–H groups in total. The van der Waals surface area contributed by atoms with Crippen LogP contribution in [-0.2, 0) is 0 Å². The van der Waals surface area contributed by atoms with Gasteiger partial charge in [-0.3, -0.25) is 9.78 Å². The zero-order valence-corrected chi connectivity index (χ0v) is 12.5. The minimum atomic E-state index is 0.243. The van der Waals surface area contributed by atoms with Crippen molar-refractivity contribution in [3.8, 4) is 0 Å². The molecule has 0 bridgehead atoms. The van der Waals surface area contributed by atoms with Crippen molar-refractivity contribution in [2.24, 2.45) is 0 Å². The molecule has 21 heavy (non-hydrogen) atoms. The van der Waals surface area contributed by atoms with Gasteiger partial charge in [0.15, 0.2) is 5.78 Å². The van der Waals surface area contributed by atoms with Crippen LogP contribution in [0.1, 0.15) is 47.3 Å². The Kier molecular flexibility index (Phi) is 5.89. The second-order valence-electron chi connectivity index (χ2n) is 5.20. The van der Waals surface area contributed by atoms with E-state index < -0.39 is 0 Å². The molecule has 0 fully saturated rings. The molecule has 0 spiro atoms. The molecular weight excluding hydrogens is 258 g/mol. The average molecular weight is 279 g/mol. The molecule has 2 heteroatoms. The maximum Gasteiger partial charge on any atom is 0.162 e. The third-order valence-electron chi connectivity index (χ3n) is 3.34. The number of hydrogen-bond acceptors (Lipinski definition) is 2. The zero-order chi connectivity index (χ0) is 14.9. The molecule has 0 saturated carbocycles. The van der Waals surface area contributed by atoms with E-state index in [2.05, 4.69) is 11.1 Å². The van der Waals surface area contributed by atoms with Gasteiger partial charge in [-0.25, -0.2) is 0 Å². The highest BCUT2D eigenvalue weighted by molar-refractivity contribution is 5.96. The minimum Gasteiger partial charge on any atom is -0.294 e. The van der Waals surface area contributed by atoms with Crippen LogP contribution < -0.4 is 0 Å². The number of carbonyl (C=O) groups excluding carboxylic acids is 1. The SMILES string of the molecule is Cc1cccc(C(=O)CCCC/C=C\c2ccccn2)c1. The summed E-state index contributed by atoms with van der Waals surface area (Å²) in [7, 11) is 0. The van der Waals surface area contributed by atoms with Crippen LogP contribution in [0.15, 0.2) is 54.7 Å². The average Bonchev–Trinajstić information content (AvgIpc) is 2.51. The van der Waals surface area contributed by atoms with Crippen LogP contribution in [0.4, 0.5) is 0 Å². The first-order valence-corrected chi connectivity index (χ1v) is 7.43. The van der Waals surface area contributed by atoms with Crippen LogP contribution in [0.3, 0.4) is 0 Å². The summed E-state index contributed by atoms with van der Waals surface area (Å²) in [6, 6.07) is 13.7. The summed E-state index contributed by atoms with van der Waals surface area (Å²) in [5.74, 6) is 0.243. The highest BCUT2D eigenvalue weighted by Crippen LogP contribution is 2.10. The van der Waals surface area contributed by atoms with Gasteiger partial charge in [0.25, 0.3) is 0 Å². The van der Waals surface area contributed by atoms with E-state index in [4.69, 9.17) is 0 Å². The molecule has 1 aromatic heterocycles. The van der Waals surface area contributed by atoms with E-state index in [0.717, 1.165) is 36.1 Å². The number of carbonyl (C=O) groups is 1. The molecule has 2 aromatic rings. The lowest BCUT2D eigenvalue weighted by Gasteiger charge is -2.01. The van der Waals surface area contributed by atoms with E-state index in [1.165, 1.54) is 0 Å². The molecule has 2 nitrogen and oxygen atoms in total. The number of pyridine rings is 1. The Morgan fingerprint density at radius 3 is 2.81 bits per heavy atom. The van der Waals surface area contributed by atoms with Crippen molar-refractivity contribution in [1.29, 1.82) is 0 Å². The van der Waals surface area contributed by atoms with Gasteiger partial charge < -0.3 is 0 Å². The molecule has 0 aliphatic rings. The predicted molar refractivity (Wildman–Crippen MR) is 87.2 cm³/mol. The number of aromatic nitrogens is 1. The number of ketones is 1. The van der Waals surface area contributed by atoms with Gasteiger partial charge >= 0.3 is 0 Å². The van der Waals surface area contributed by atoms with Crippen LogP contribution in [0.25, 0.3) is 6.08 Å². The Morgan fingerprint density at radius 1 is 1.14 bits per heavy atom. The summed E-state index contributed by atoms with van der Waals surface area (Å²) in [4.78, 5) is 16.3. The topological polar surface area (TPSA) is 30.0 Å². The minimum absolute atomic E-state index is 0.243. The van der Waals surface area contributed by atoms with Crippen molar-refractivity contribution in [3.05, 3.63) is 71.6 Å². The second kappa shape index (κ2) is 8.15. The molecule has 1 aromatic carbocycles. The fourth-order valence-corrected chi connectivity index (χ4v) is 2.19. The van der Waals surface area contributed by atoms with Gasteiger partial charge in [-0.15, -0.1) is 0 Å². The van der Waals surface area contributed by atoms with Gasteiger partial charge in [0.05, 0.1) is 5.69 Å². The molecule has 1 heterocycles. The van der Waals surface area contributed by atoms with Crippen molar-refractivity contribution in [2.75, 3.05) is 0 Å². The molecule has 108 valence electrons. The molecule has 0 radical (unpaired) electrons. The summed E-state index contributed by atoms with van der Waals surface area (Å²) in [6.07, 6.45) is 9.51. The lowest BCUT2D eigenvalue weighted by atomic mass is 10.0. The van der Waals surface area contributed by atoms with Crippen molar-refractivity contribution in [3.63, 3.8) is 0 Å². The molecule has 0 saturated heterocycles. The van der Waals surface area contributed by atoms with Gasteiger partial charge in [0.1, 0.15) is 0 Å². The van der Waals surface area contributed by atoms with E-state index in [0.29, 0.717) is 6.42 Å². The van der Waals surface area contributed by atoms with Crippen molar-refractivity contribution < 1.29 is 4.79 Å². The maximum atomic E-state index is 12.0. The summed E-state index contributed by atoms with van der Waals surface area (Å²) >= 11 is 0. The summed E-state index contributed by atoms with van der Waals surface area (Å²) in [6.45, 7) is 2.01. The Bertz CT molecular complexity index is 602. The summed E-state index contributed by atoms with van der Waals surface area (Å²) < 4.78 is 0. The largest absolute Gasteiger partial charge is 0.294 e. The van der Waals surface area contributed by atoms with E-state index >= 15 is 0 Å². The number of benzene rings is 1. The molecule has 2 rings (SSSR count). The fraction of sp³-hybridized carbons (Fsp3) is 0.263. The van der Waals surface area contributed by atoms with Gasteiger partial charge in [-0.2, -0.15) is 0 Å². The monoisotopic (exact) mass is 279 g/mol. The number of Topliss-reactive ketones (excluding diaryl/α,β-unsaturated/α-hetero) is 1. The van der Waals surface area contributed by atoms with Crippen LogP contribution in [-0.4, -0.2) is 10.8 Å². The van der Waals surface area contributed by atoms with Crippen LogP contribution in [0, 0.1) is 6.92 Å². The normalized spacial score (nSPS) is 10.9. The number of rotatable bonds is 7. The van der Waals surface area contributed by atoms with Crippen molar-refractivity contribution in [2.45, 2.75) is 32.6 Å². The van der Waals surface area contributed by atoms with Gasteiger partial charge in [-0.05, 0) is 50.5 Å². The molecule has 0 amide bonds. The molecular formula is C19H21NO. The Morgan fingerprint density at radius 2 is 2.05 bits per heavy atom. The zero-order valence-electron chi connectivity index (χ0n) is 12.5. The Labute approximate surface area is 126 Å². The van der Waals surface area contributed by atoms with Crippen LogP contribution in [0.5, 0.6) is 0 Å². The number of allylic oxidation sites excluding steroid dienone is 1. The van der Waals surface area contributed by atoms with Crippen molar-refractivity contribution >= 4 is 11.9 Å². The predicted octanol–water partition coefficient (Wildman–Crippen LogP) is 4.85. The molecule has 0 aliphatic carbocycles. The van der Waals surface area contributed by atoms with Crippen molar-refractivity contribution in [1.82, 2.24) is 4.98 Å². The highest BCUT2D eigenvalue weighted by atomic mass is 16.1. The molecule has 0 unspecified atom stereocenters. The lowest BCUT2D eigenvalue weighted by molar-refractivity contribution is 0.0979. The maximum absolute atomic E-state index is 12.0.